The molecular formula is C16H25N7O3. The Morgan fingerprint density at radius 2 is 2.04 bits per heavy atom. The summed E-state index contributed by atoms with van der Waals surface area (Å²) >= 11 is 0. The van der Waals surface area contributed by atoms with Gasteiger partial charge >= 0.3 is 5.69 Å². The number of rotatable bonds is 9. The van der Waals surface area contributed by atoms with Crippen LogP contribution in [0.4, 0.5) is 11.4 Å². The first-order valence-electron chi connectivity index (χ1n) is 8.58. The average molecular weight is 363 g/mol. The number of hydrogen-bond acceptors (Lipinski definition) is 6. The van der Waals surface area contributed by atoms with Crippen LogP contribution in [0.2, 0.25) is 0 Å². The first kappa shape index (κ1) is 19.6. The lowest BCUT2D eigenvalue weighted by molar-refractivity contribution is -0.386. The third-order valence-electron chi connectivity index (χ3n) is 4.28. The number of anilines is 1. The fourth-order valence-corrected chi connectivity index (χ4v) is 2.78. The lowest BCUT2D eigenvalue weighted by Crippen LogP contribution is -2.27. The number of nitrogens with zero attached hydrogens (tertiary/aromatic N) is 6. The van der Waals surface area contributed by atoms with Crippen LogP contribution < -0.4 is 5.32 Å². The van der Waals surface area contributed by atoms with Gasteiger partial charge in [-0.25, -0.2) is 0 Å². The Labute approximate surface area is 151 Å². The van der Waals surface area contributed by atoms with Crippen LogP contribution in [0.3, 0.4) is 0 Å². The van der Waals surface area contributed by atoms with Gasteiger partial charge in [-0.3, -0.25) is 24.3 Å². The monoisotopic (exact) mass is 363 g/mol. The Hall–Kier alpha value is -2.75. The molecule has 1 amide bonds. The highest BCUT2D eigenvalue weighted by Crippen LogP contribution is 2.21. The van der Waals surface area contributed by atoms with Crippen molar-refractivity contribution in [2.45, 2.75) is 40.8 Å². The molecule has 0 radical (unpaired) electrons. The van der Waals surface area contributed by atoms with Crippen LogP contribution in [0.5, 0.6) is 0 Å². The molecule has 0 saturated carbocycles. The van der Waals surface area contributed by atoms with Crippen molar-refractivity contribution < 1.29 is 9.72 Å². The summed E-state index contributed by atoms with van der Waals surface area (Å²) in [6, 6.07) is 0. The molecule has 0 fully saturated rings. The summed E-state index contributed by atoms with van der Waals surface area (Å²) in [6.45, 7) is 10.9. The quantitative estimate of drug-likeness (QED) is 0.535. The molecule has 0 saturated heterocycles. The maximum absolute atomic E-state index is 12.2. The molecular weight excluding hydrogens is 338 g/mol. The van der Waals surface area contributed by atoms with Gasteiger partial charge in [0.05, 0.1) is 23.4 Å². The minimum absolute atomic E-state index is 0.0537. The van der Waals surface area contributed by atoms with Crippen LogP contribution >= 0.6 is 0 Å². The van der Waals surface area contributed by atoms with Crippen molar-refractivity contribution in [1.29, 1.82) is 0 Å². The Morgan fingerprint density at radius 3 is 2.62 bits per heavy atom. The summed E-state index contributed by atoms with van der Waals surface area (Å²) in [6.07, 6.45) is 3.36. The van der Waals surface area contributed by atoms with Gasteiger partial charge in [0.15, 0.2) is 0 Å². The topological polar surface area (TPSA) is 111 Å². The van der Waals surface area contributed by atoms with E-state index in [2.05, 4.69) is 34.3 Å². The van der Waals surface area contributed by atoms with Gasteiger partial charge in [-0.05, 0) is 26.9 Å². The molecule has 0 aliphatic carbocycles. The van der Waals surface area contributed by atoms with Gasteiger partial charge in [-0.15, -0.1) is 0 Å². The van der Waals surface area contributed by atoms with E-state index in [-0.39, 0.29) is 18.1 Å². The lowest BCUT2D eigenvalue weighted by atomic mass is 10.3. The molecule has 2 rings (SSSR count). The third kappa shape index (κ3) is 4.66. The normalized spacial score (nSPS) is 11.1. The molecule has 0 aromatic carbocycles. The largest absolute Gasteiger partial charge is 0.322 e. The van der Waals surface area contributed by atoms with Gasteiger partial charge in [0, 0.05) is 12.7 Å². The third-order valence-corrected chi connectivity index (χ3v) is 4.28. The zero-order valence-corrected chi connectivity index (χ0v) is 15.6. The molecule has 0 aliphatic rings. The van der Waals surface area contributed by atoms with Crippen LogP contribution in [-0.2, 0) is 17.9 Å². The van der Waals surface area contributed by atoms with E-state index in [9.17, 15) is 14.9 Å². The Balaban J connectivity index is 1.95. The van der Waals surface area contributed by atoms with E-state index < -0.39 is 4.92 Å². The van der Waals surface area contributed by atoms with E-state index >= 15 is 0 Å². The maximum Gasteiger partial charge on any atom is 0.312 e. The predicted molar refractivity (Wildman–Crippen MR) is 97.0 cm³/mol. The van der Waals surface area contributed by atoms with Gasteiger partial charge in [0.1, 0.15) is 17.9 Å². The van der Waals surface area contributed by atoms with Gasteiger partial charge in [-0.2, -0.15) is 10.2 Å². The first-order valence-corrected chi connectivity index (χ1v) is 8.58. The molecule has 2 aromatic rings. The molecule has 0 aliphatic heterocycles. The Morgan fingerprint density at radius 1 is 1.35 bits per heavy atom. The fourth-order valence-electron chi connectivity index (χ4n) is 2.78. The number of carbonyl (C=O) groups is 1. The SMILES string of the molecule is CCN(CC)CCn1cc(NC(=O)Cn2nc(C)c([N+](=O)[O-])c2C)cn1. The lowest BCUT2D eigenvalue weighted by Gasteiger charge is -2.17. The second-order valence-corrected chi connectivity index (χ2v) is 6.00. The minimum atomic E-state index is -0.480. The zero-order chi connectivity index (χ0) is 19.3. The van der Waals surface area contributed by atoms with Crippen LogP contribution in [0.1, 0.15) is 25.2 Å². The summed E-state index contributed by atoms with van der Waals surface area (Å²) in [5.74, 6) is -0.311. The van der Waals surface area contributed by atoms with Crippen molar-refractivity contribution in [3.05, 3.63) is 33.9 Å². The van der Waals surface area contributed by atoms with E-state index in [1.807, 2.05) is 0 Å². The van der Waals surface area contributed by atoms with E-state index in [4.69, 9.17) is 0 Å². The van der Waals surface area contributed by atoms with Crippen molar-refractivity contribution in [2.75, 3.05) is 25.0 Å². The molecule has 10 heteroatoms. The summed E-state index contributed by atoms with van der Waals surface area (Å²) < 4.78 is 3.12. The van der Waals surface area contributed by atoms with Crippen LogP contribution in [0.15, 0.2) is 12.4 Å². The van der Waals surface area contributed by atoms with Gasteiger partial charge in [0.25, 0.3) is 0 Å². The number of carbonyl (C=O) groups excluding carboxylic acids is 1. The summed E-state index contributed by atoms with van der Waals surface area (Å²) in [7, 11) is 0. The number of nitro groups is 1. The van der Waals surface area contributed by atoms with E-state index in [1.165, 1.54) is 4.68 Å². The van der Waals surface area contributed by atoms with E-state index in [1.54, 1.807) is 30.9 Å². The Kier molecular flexibility index (Phi) is 6.45. The second-order valence-electron chi connectivity index (χ2n) is 6.00. The first-order chi connectivity index (χ1) is 12.3. The van der Waals surface area contributed by atoms with Crippen molar-refractivity contribution in [3.8, 4) is 0 Å². The molecule has 10 nitrogen and oxygen atoms in total. The number of aromatic nitrogens is 4. The molecule has 0 spiro atoms. The van der Waals surface area contributed by atoms with Crippen LogP contribution in [0.25, 0.3) is 0 Å². The average Bonchev–Trinajstić information content (AvgIpc) is 3.12. The Bertz CT molecular complexity index is 777. The molecule has 0 bridgehead atoms. The van der Waals surface area contributed by atoms with Crippen molar-refractivity contribution in [3.63, 3.8) is 0 Å². The van der Waals surface area contributed by atoms with Crippen LogP contribution in [0, 0.1) is 24.0 Å². The molecule has 0 atom stereocenters. The smallest absolute Gasteiger partial charge is 0.312 e. The molecule has 1 N–H and O–H groups in total. The summed E-state index contributed by atoms with van der Waals surface area (Å²) in [4.78, 5) is 25.0. The van der Waals surface area contributed by atoms with E-state index in [0.717, 1.165) is 26.2 Å². The van der Waals surface area contributed by atoms with Gasteiger partial charge < -0.3 is 10.2 Å². The molecule has 142 valence electrons. The maximum atomic E-state index is 12.2. The number of aryl methyl sites for hydroxylation is 1. The fraction of sp³-hybridized carbons (Fsp3) is 0.562. The highest BCUT2D eigenvalue weighted by molar-refractivity contribution is 5.90. The van der Waals surface area contributed by atoms with Gasteiger partial charge in [0.2, 0.25) is 5.91 Å². The molecule has 0 unspecified atom stereocenters. The highest BCUT2D eigenvalue weighted by Gasteiger charge is 2.22. The minimum Gasteiger partial charge on any atom is -0.322 e. The van der Waals surface area contributed by atoms with Crippen molar-refractivity contribution >= 4 is 17.3 Å². The second kappa shape index (κ2) is 8.56. The summed E-state index contributed by atoms with van der Waals surface area (Å²) in [5.41, 5.74) is 1.19. The molecule has 2 aromatic heterocycles. The molecule has 26 heavy (non-hydrogen) atoms. The summed E-state index contributed by atoms with van der Waals surface area (Å²) in [5, 5.41) is 22.1. The number of nitrogens with one attached hydrogen (secondary N) is 1. The number of likely N-dealkylation sites (N-methyl/N-ethyl adjacent to an activating group) is 1. The number of amides is 1. The van der Waals surface area contributed by atoms with Crippen LogP contribution in [-0.4, -0.2) is 54.9 Å². The standard InChI is InChI=1S/C16H25N7O3/c1-5-20(6-2)7-8-21-10-14(9-17-21)18-15(24)11-22-13(4)16(23(25)26)12(3)19-22/h9-10H,5-8,11H2,1-4H3,(H,18,24). The predicted octanol–water partition coefficient (Wildman–Crippen LogP) is 1.59. The molecule has 2 heterocycles. The number of hydrogen-bond donors (Lipinski definition) is 1. The van der Waals surface area contributed by atoms with Crippen molar-refractivity contribution in [2.24, 2.45) is 0 Å². The van der Waals surface area contributed by atoms with E-state index in [0.29, 0.717) is 17.1 Å². The highest BCUT2D eigenvalue weighted by atomic mass is 16.6. The van der Waals surface area contributed by atoms with Crippen molar-refractivity contribution in [1.82, 2.24) is 24.5 Å². The van der Waals surface area contributed by atoms with Gasteiger partial charge in [-0.1, -0.05) is 13.8 Å². The zero-order valence-electron chi connectivity index (χ0n) is 15.6.